The van der Waals surface area contributed by atoms with Crippen LogP contribution in [-0.4, -0.2) is 27.1 Å². The lowest BCUT2D eigenvalue weighted by molar-refractivity contribution is 0.102. The Labute approximate surface area is 187 Å². The van der Waals surface area contributed by atoms with Crippen LogP contribution in [0.1, 0.15) is 15.9 Å². The molecule has 0 unspecified atom stereocenters. The minimum Gasteiger partial charge on any atom is -0.340 e. The molecule has 0 aliphatic carbocycles. The topological polar surface area (TPSA) is 104 Å². The monoisotopic (exact) mass is 444 g/mol. The molecule has 0 aliphatic rings. The molecule has 1 aromatic carbocycles. The van der Waals surface area contributed by atoms with Gasteiger partial charge < -0.3 is 5.32 Å². The average Bonchev–Trinajstić information content (AvgIpc) is 3.28. The standard InChI is InChI=1S/C22H16N6OS2/c1-30-21-17(6-3-9-24-21)20(29)28-22-27-18(13-31-22)15-4-2-5-16(10-15)26-19-8-7-14(11-23)12-25-19/h2-10,12-13H,1H3,(H,25,26)(H,27,28,29). The van der Waals surface area contributed by atoms with Gasteiger partial charge in [-0.25, -0.2) is 15.0 Å². The van der Waals surface area contributed by atoms with E-state index in [0.29, 0.717) is 27.1 Å². The predicted molar refractivity (Wildman–Crippen MR) is 124 cm³/mol. The summed E-state index contributed by atoms with van der Waals surface area (Å²) < 4.78 is 0. The fraction of sp³-hybridized carbons (Fsp3) is 0.0455. The molecule has 0 bridgehead atoms. The Hall–Kier alpha value is -3.74. The minimum atomic E-state index is -0.236. The Balaban J connectivity index is 1.49. The molecule has 7 nitrogen and oxygen atoms in total. The highest BCUT2D eigenvalue weighted by molar-refractivity contribution is 7.98. The number of nitrogens with zero attached hydrogens (tertiary/aromatic N) is 4. The van der Waals surface area contributed by atoms with E-state index in [1.165, 1.54) is 29.3 Å². The summed E-state index contributed by atoms with van der Waals surface area (Å²) in [5.41, 5.74) is 3.53. The Morgan fingerprint density at radius 2 is 2.06 bits per heavy atom. The number of hydrogen-bond acceptors (Lipinski definition) is 8. The molecule has 3 aromatic heterocycles. The first-order chi connectivity index (χ1) is 15.2. The fourth-order valence-electron chi connectivity index (χ4n) is 2.79. The van der Waals surface area contributed by atoms with Gasteiger partial charge >= 0.3 is 0 Å². The van der Waals surface area contributed by atoms with Gasteiger partial charge in [-0.3, -0.25) is 10.1 Å². The number of amides is 1. The highest BCUT2D eigenvalue weighted by Crippen LogP contribution is 2.28. The van der Waals surface area contributed by atoms with Gasteiger partial charge in [0.2, 0.25) is 0 Å². The molecular weight excluding hydrogens is 428 g/mol. The van der Waals surface area contributed by atoms with Crippen LogP contribution in [0.4, 0.5) is 16.6 Å². The molecule has 0 spiro atoms. The lowest BCUT2D eigenvalue weighted by Gasteiger charge is -2.07. The predicted octanol–water partition coefficient (Wildman–Crippen LogP) is 5.19. The lowest BCUT2D eigenvalue weighted by atomic mass is 10.1. The molecule has 2 N–H and O–H groups in total. The highest BCUT2D eigenvalue weighted by Gasteiger charge is 2.14. The highest BCUT2D eigenvalue weighted by atomic mass is 32.2. The average molecular weight is 445 g/mol. The van der Waals surface area contributed by atoms with Crippen molar-refractivity contribution < 1.29 is 4.79 Å². The number of nitriles is 1. The molecule has 31 heavy (non-hydrogen) atoms. The van der Waals surface area contributed by atoms with E-state index in [1.54, 1.807) is 30.5 Å². The number of pyridine rings is 2. The number of thioether (sulfide) groups is 1. The molecular formula is C22H16N6OS2. The van der Waals surface area contributed by atoms with Gasteiger partial charge in [-0.15, -0.1) is 23.1 Å². The molecule has 152 valence electrons. The van der Waals surface area contributed by atoms with E-state index in [4.69, 9.17) is 5.26 Å². The molecule has 9 heteroatoms. The van der Waals surface area contributed by atoms with Gasteiger partial charge in [-0.2, -0.15) is 5.26 Å². The molecule has 0 saturated heterocycles. The third kappa shape index (κ3) is 4.88. The number of carbonyl (C=O) groups is 1. The van der Waals surface area contributed by atoms with E-state index in [2.05, 4.69) is 25.6 Å². The van der Waals surface area contributed by atoms with Crippen molar-refractivity contribution in [2.45, 2.75) is 5.03 Å². The second-order valence-electron chi connectivity index (χ2n) is 6.30. The van der Waals surface area contributed by atoms with Crippen molar-refractivity contribution in [1.29, 1.82) is 5.26 Å². The van der Waals surface area contributed by atoms with Crippen LogP contribution in [0.3, 0.4) is 0 Å². The second-order valence-corrected chi connectivity index (χ2v) is 7.96. The first-order valence-electron chi connectivity index (χ1n) is 9.16. The molecule has 0 radical (unpaired) electrons. The molecule has 1 amide bonds. The Morgan fingerprint density at radius 3 is 2.84 bits per heavy atom. The van der Waals surface area contributed by atoms with Crippen molar-refractivity contribution >= 4 is 45.6 Å². The number of rotatable bonds is 6. The number of benzene rings is 1. The van der Waals surface area contributed by atoms with Crippen LogP contribution in [0, 0.1) is 11.3 Å². The second kappa shape index (κ2) is 9.38. The molecule has 0 aliphatic heterocycles. The van der Waals surface area contributed by atoms with E-state index in [1.807, 2.05) is 42.0 Å². The van der Waals surface area contributed by atoms with Crippen molar-refractivity contribution in [2.24, 2.45) is 0 Å². The number of aromatic nitrogens is 3. The zero-order valence-corrected chi connectivity index (χ0v) is 18.0. The largest absolute Gasteiger partial charge is 0.340 e. The van der Waals surface area contributed by atoms with Crippen LogP contribution < -0.4 is 10.6 Å². The maximum absolute atomic E-state index is 12.6. The van der Waals surface area contributed by atoms with Crippen LogP contribution in [0.15, 0.2) is 71.3 Å². The Bertz CT molecular complexity index is 1260. The summed E-state index contributed by atoms with van der Waals surface area (Å²) in [7, 11) is 0. The molecule has 0 fully saturated rings. The summed E-state index contributed by atoms with van der Waals surface area (Å²) in [6.07, 6.45) is 5.07. The van der Waals surface area contributed by atoms with E-state index in [-0.39, 0.29) is 5.91 Å². The lowest BCUT2D eigenvalue weighted by Crippen LogP contribution is -2.13. The molecule has 0 saturated carbocycles. The van der Waals surface area contributed by atoms with Gasteiger partial charge in [0.15, 0.2) is 5.13 Å². The first kappa shape index (κ1) is 20.5. The van der Waals surface area contributed by atoms with Gasteiger partial charge in [0.05, 0.1) is 16.8 Å². The van der Waals surface area contributed by atoms with Crippen molar-refractivity contribution in [3.63, 3.8) is 0 Å². The van der Waals surface area contributed by atoms with Crippen molar-refractivity contribution in [2.75, 3.05) is 16.9 Å². The van der Waals surface area contributed by atoms with E-state index >= 15 is 0 Å². The summed E-state index contributed by atoms with van der Waals surface area (Å²) in [4.78, 5) is 25.6. The normalized spacial score (nSPS) is 10.3. The zero-order valence-electron chi connectivity index (χ0n) is 16.4. The molecule has 4 aromatic rings. The molecule has 0 atom stereocenters. The van der Waals surface area contributed by atoms with E-state index < -0.39 is 0 Å². The molecule has 4 rings (SSSR count). The summed E-state index contributed by atoms with van der Waals surface area (Å²) in [6, 6.07) is 16.7. The van der Waals surface area contributed by atoms with Crippen LogP contribution in [0.5, 0.6) is 0 Å². The zero-order chi connectivity index (χ0) is 21.6. The third-order valence-corrected chi connectivity index (χ3v) is 5.73. The number of anilines is 3. The van der Waals surface area contributed by atoms with Gasteiger partial charge in [0.1, 0.15) is 16.9 Å². The van der Waals surface area contributed by atoms with Crippen molar-refractivity contribution in [3.05, 3.63) is 77.4 Å². The summed E-state index contributed by atoms with van der Waals surface area (Å²) >= 11 is 2.78. The summed E-state index contributed by atoms with van der Waals surface area (Å²) in [5.74, 6) is 0.407. The van der Waals surface area contributed by atoms with Crippen molar-refractivity contribution in [1.82, 2.24) is 15.0 Å². The van der Waals surface area contributed by atoms with E-state index in [9.17, 15) is 4.79 Å². The fourth-order valence-corrected chi connectivity index (χ4v) is 4.05. The number of nitrogens with one attached hydrogen (secondary N) is 2. The number of carbonyl (C=O) groups excluding carboxylic acids is 1. The summed E-state index contributed by atoms with van der Waals surface area (Å²) in [5, 5.41) is 18.0. The van der Waals surface area contributed by atoms with Gasteiger partial charge in [-0.1, -0.05) is 12.1 Å². The molecule has 3 heterocycles. The first-order valence-corrected chi connectivity index (χ1v) is 11.3. The van der Waals surface area contributed by atoms with E-state index in [0.717, 1.165) is 16.9 Å². The number of hydrogen-bond donors (Lipinski definition) is 2. The third-order valence-electron chi connectivity index (χ3n) is 4.26. The Kier molecular flexibility index (Phi) is 6.21. The van der Waals surface area contributed by atoms with Gasteiger partial charge in [0, 0.05) is 29.0 Å². The van der Waals surface area contributed by atoms with Crippen LogP contribution >= 0.6 is 23.1 Å². The SMILES string of the molecule is CSc1ncccc1C(=O)Nc1nc(-c2cccc(Nc3ccc(C#N)cn3)c2)cs1. The minimum absolute atomic E-state index is 0.236. The van der Waals surface area contributed by atoms with Crippen LogP contribution in [-0.2, 0) is 0 Å². The Morgan fingerprint density at radius 1 is 1.16 bits per heavy atom. The van der Waals surface area contributed by atoms with Crippen LogP contribution in [0.2, 0.25) is 0 Å². The number of thiazole rings is 1. The smallest absolute Gasteiger partial charge is 0.260 e. The van der Waals surface area contributed by atoms with Gasteiger partial charge in [-0.05, 0) is 42.7 Å². The van der Waals surface area contributed by atoms with Gasteiger partial charge in [0.25, 0.3) is 5.91 Å². The van der Waals surface area contributed by atoms with Crippen LogP contribution in [0.25, 0.3) is 11.3 Å². The maximum Gasteiger partial charge on any atom is 0.260 e. The summed E-state index contributed by atoms with van der Waals surface area (Å²) in [6.45, 7) is 0. The van der Waals surface area contributed by atoms with Crippen molar-refractivity contribution in [3.8, 4) is 17.3 Å². The maximum atomic E-state index is 12.6. The quantitative estimate of drug-likeness (QED) is 0.394.